The number of carbonyl (C=O) groups excluding carboxylic acids is 2. The molecule has 16 heavy (non-hydrogen) atoms. The van der Waals surface area contributed by atoms with Crippen LogP contribution in [0.25, 0.3) is 0 Å². The molecule has 0 aromatic rings. The molecule has 0 spiro atoms. The number of carboxylic acids is 1. The van der Waals surface area contributed by atoms with Gasteiger partial charge in [0, 0.05) is 33.5 Å². The molecule has 0 heterocycles. The van der Waals surface area contributed by atoms with Crippen LogP contribution in [0, 0.1) is 0 Å². The van der Waals surface area contributed by atoms with E-state index in [1.165, 1.54) is 14.0 Å². The number of carbonyl (C=O) groups is 3. The predicted octanol–water partition coefficient (Wildman–Crippen LogP) is -1.70. The fourth-order valence-electron chi connectivity index (χ4n) is 1.02. The van der Waals surface area contributed by atoms with Gasteiger partial charge in [0.25, 0.3) is 0 Å². The molecule has 0 saturated carbocycles. The van der Waals surface area contributed by atoms with E-state index in [9.17, 15) is 14.4 Å². The van der Waals surface area contributed by atoms with Crippen LogP contribution < -0.4 is 16.0 Å². The normalized spacial score (nSPS) is 11.6. The Bertz CT molecular complexity index is 267. The Morgan fingerprint density at radius 3 is 2.38 bits per heavy atom. The molecule has 0 aromatic carbocycles. The van der Waals surface area contributed by atoms with Crippen LogP contribution in [0.3, 0.4) is 0 Å². The van der Waals surface area contributed by atoms with Crippen molar-refractivity contribution in [1.82, 2.24) is 16.0 Å². The highest BCUT2D eigenvalue weighted by molar-refractivity contribution is 5.82. The molecule has 1 unspecified atom stereocenters. The Morgan fingerprint density at radius 2 is 1.94 bits per heavy atom. The Balaban J connectivity index is 3.81. The second kappa shape index (κ2) is 7.63. The standard InChI is InChI=1S/C9H17N3O4/c1-6(13)12-7(9(15)16)5-11-4-3-8(14)10-2/h7,11H,3-5H2,1-2H3,(H,10,14)(H,12,13)(H,15,16). The summed E-state index contributed by atoms with van der Waals surface area (Å²) < 4.78 is 0. The van der Waals surface area contributed by atoms with Gasteiger partial charge >= 0.3 is 5.97 Å². The molecule has 0 aliphatic carbocycles. The lowest BCUT2D eigenvalue weighted by molar-refractivity contribution is -0.141. The summed E-state index contributed by atoms with van der Waals surface area (Å²) in [4.78, 5) is 32.2. The number of nitrogens with one attached hydrogen (secondary N) is 3. The van der Waals surface area contributed by atoms with Crippen LogP contribution in [0.5, 0.6) is 0 Å². The van der Waals surface area contributed by atoms with Gasteiger partial charge in [0.2, 0.25) is 11.8 Å². The lowest BCUT2D eigenvalue weighted by Gasteiger charge is -2.13. The van der Waals surface area contributed by atoms with Gasteiger partial charge in [-0.3, -0.25) is 9.59 Å². The number of rotatable bonds is 7. The largest absolute Gasteiger partial charge is 0.480 e. The van der Waals surface area contributed by atoms with Crippen molar-refractivity contribution in [3.8, 4) is 0 Å². The summed E-state index contributed by atoms with van der Waals surface area (Å²) >= 11 is 0. The highest BCUT2D eigenvalue weighted by atomic mass is 16.4. The molecule has 7 heteroatoms. The third-order valence-corrected chi connectivity index (χ3v) is 1.83. The predicted molar refractivity (Wildman–Crippen MR) is 56.8 cm³/mol. The van der Waals surface area contributed by atoms with E-state index in [1.807, 2.05) is 0 Å². The van der Waals surface area contributed by atoms with Crippen molar-refractivity contribution >= 4 is 17.8 Å². The summed E-state index contributed by atoms with van der Waals surface area (Å²) in [6.45, 7) is 1.70. The van der Waals surface area contributed by atoms with Crippen LogP contribution in [0.1, 0.15) is 13.3 Å². The SMILES string of the molecule is CNC(=O)CCNCC(NC(C)=O)C(=O)O. The topological polar surface area (TPSA) is 108 Å². The average molecular weight is 231 g/mol. The van der Waals surface area contributed by atoms with Crippen LogP contribution in [-0.4, -0.2) is 49.1 Å². The maximum Gasteiger partial charge on any atom is 0.327 e. The second-order valence-corrected chi connectivity index (χ2v) is 3.22. The lowest BCUT2D eigenvalue weighted by atomic mass is 10.3. The number of aliphatic carboxylic acids is 1. The number of amides is 2. The average Bonchev–Trinajstić information content (AvgIpc) is 2.21. The molecule has 0 rings (SSSR count). The van der Waals surface area contributed by atoms with Crippen molar-refractivity contribution in [2.24, 2.45) is 0 Å². The summed E-state index contributed by atoms with van der Waals surface area (Å²) in [7, 11) is 1.53. The summed E-state index contributed by atoms with van der Waals surface area (Å²) in [5.74, 6) is -1.64. The zero-order valence-electron chi connectivity index (χ0n) is 9.37. The fraction of sp³-hybridized carbons (Fsp3) is 0.667. The molecule has 0 fully saturated rings. The number of hydrogen-bond donors (Lipinski definition) is 4. The van der Waals surface area contributed by atoms with Crippen LogP contribution in [0.4, 0.5) is 0 Å². The first kappa shape index (κ1) is 14.4. The Hall–Kier alpha value is -1.63. The van der Waals surface area contributed by atoms with Crippen LogP contribution >= 0.6 is 0 Å². The van der Waals surface area contributed by atoms with E-state index in [1.54, 1.807) is 0 Å². The van der Waals surface area contributed by atoms with Gasteiger partial charge in [-0.2, -0.15) is 0 Å². The molecule has 0 radical (unpaired) electrons. The molecular weight excluding hydrogens is 214 g/mol. The van der Waals surface area contributed by atoms with Crippen molar-refractivity contribution < 1.29 is 19.5 Å². The van der Waals surface area contributed by atoms with Crippen molar-refractivity contribution in [3.63, 3.8) is 0 Å². The molecule has 1 atom stereocenters. The first-order chi connectivity index (χ1) is 7.47. The van der Waals surface area contributed by atoms with Gasteiger partial charge in [-0.15, -0.1) is 0 Å². The Morgan fingerprint density at radius 1 is 1.31 bits per heavy atom. The maximum absolute atomic E-state index is 10.8. The number of carboxylic acid groups (broad SMARTS) is 1. The van der Waals surface area contributed by atoms with Gasteiger partial charge in [-0.25, -0.2) is 4.79 Å². The monoisotopic (exact) mass is 231 g/mol. The molecule has 0 aliphatic rings. The Labute approximate surface area is 93.6 Å². The van der Waals surface area contributed by atoms with Crippen molar-refractivity contribution in [3.05, 3.63) is 0 Å². The van der Waals surface area contributed by atoms with E-state index in [4.69, 9.17) is 5.11 Å². The highest BCUT2D eigenvalue weighted by Gasteiger charge is 2.17. The van der Waals surface area contributed by atoms with Crippen LogP contribution in [0.2, 0.25) is 0 Å². The molecule has 92 valence electrons. The van der Waals surface area contributed by atoms with Gasteiger partial charge in [0.15, 0.2) is 0 Å². The molecular formula is C9H17N3O4. The first-order valence-corrected chi connectivity index (χ1v) is 4.88. The first-order valence-electron chi connectivity index (χ1n) is 4.88. The minimum atomic E-state index is -1.11. The second-order valence-electron chi connectivity index (χ2n) is 3.22. The van der Waals surface area contributed by atoms with Crippen LogP contribution in [0.15, 0.2) is 0 Å². The van der Waals surface area contributed by atoms with Gasteiger partial charge in [0.05, 0.1) is 0 Å². The van der Waals surface area contributed by atoms with Crippen molar-refractivity contribution in [1.29, 1.82) is 0 Å². The van der Waals surface area contributed by atoms with E-state index in [0.29, 0.717) is 6.54 Å². The fourth-order valence-corrected chi connectivity index (χ4v) is 1.02. The van der Waals surface area contributed by atoms with Crippen molar-refractivity contribution in [2.45, 2.75) is 19.4 Å². The quantitative estimate of drug-likeness (QED) is 0.391. The van der Waals surface area contributed by atoms with E-state index < -0.39 is 17.9 Å². The van der Waals surface area contributed by atoms with Crippen molar-refractivity contribution in [2.75, 3.05) is 20.1 Å². The van der Waals surface area contributed by atoms with Gasteiger partial charge in [0.1, 0.15) is 6.04 Å². The van der Waals surface area contributed by atoms with Gasteiger partial charge in [-0.1, -0.05) is 0 Å². The molecule has 2 amide bonds. The van der Waals surface area contributed by atoms with Gasteiger partial charge < -0.3 is 21.1 Å². The third-order valence-electron chi connectivity index (χ3n) is 1.83. The van der Waals surface area contributed by atoms with E-state index in [0.717, 1.165) is 0 Å². The molecule has 0 bridgehead atoms. The maximum atomic E-state index is 10.8. The highest BCUT2D eigenvalue weighted by Crippen LogP contribution is 1.84. The van der Waals surface area contributed by atoms with Gasteiger partial charge in [-0.05, 0) is 0 Å². The zero-order chi connectivity index (χ0) is 12.6. The summed E-state index contributed by atoms with van der Waals surface area (Å²) in [5.41, 5.74) is 0. The zero-order valence-corrected chi connectivity index (χ0v) is 9.37. The summed E-state index contributed by atoms with van der Waals surface area (Å²) in [6.07, 6.45) is 0.267. The minimum absolute atomic E-state index is 0.0892. The third kappa shape index (κ3) is 6.77. The molecule has 0 saturated heterocycles. The summed E-state index contributed by atoms with van der Waals surface area (Å²) in [6, 6.07) is -0.970. The molecule has 0 aliphatic heterocycles. The lowest BCUT2D eigenvalue weighted by Crippen LogP contribution is -2.46. The molecule has 4 N–H and O–H groups in total. The van der Waals surface area contributed by atoms with Crippen LogP contribution in [-0.2, 0) is 14.4 Å². The summed E-state index contributed by atoms with van der Waals surface area (Å²) in [5, 5.41) is 16.2. The molecule has 7 nitrogen and oxygen atoms in total. The minimum Gasteiger partial charge on any atom is -0.480 e. The number of hydrogen-bond acceptors (Lipinski definition) is 4. The molecule has 0 aromatic heterocycles. The smallest absolute Gasteiger partial charge is 0.327 e. The van der Waals surface area contributed by atoms with E-state index in [-0.39, 0.29) is 18.9 Å². The van der Waals surface area contributed by atoms with E-state index >= 15 is 0 Å². The Kier molecular flexibility index (Phi) is 6.86. The van der Waals surface area contributed by atoms with E-state index in [2.05, 4.69) is 16.0 Å².